The molecule has 0 spiro atoms. The molecule has 58 heavy (non-hydrogen) atoms. The lowest BCUT2D eigenvalue weighted by molar-refractivity contribution is -0.220. The van der Waals surface area contributed by atoms with Crippen LogP contribution in [0.5, 0.6) is 0 Å². The molecular formula is C45H79O12P. The van der Waals surface area contributed by atoms with Gasteiger partial charge in [-0.25, -0.2) is 4.57 Å². The molecule has 0 aromatic carbocycles. The van der Waals surface area contributed by atoms with Crippen LogP contribution in [0.15, 0.2) is 60.8 Å². The van der Waals surface area contributed by atoms with Crippen LogP contribution in [-0.2, 0) is 27.9 Å². The number of rotatable bonds is 36. The molecule has 0 saturated heterocycles. The Hall–Kier alpha value is -1.96. The van der Waals surface area contributed by atoms with Crippen molar-refractivity contribution < 1.29 is 58.3 Å². The quantitative estimate of drug-likeness (QED) is 0.0153. The van der Waals surface area contributed by atoms with Gasteiger partial charge in [-0.1, -0.05) is 132 Å². The van der Waals surface area contributed by atoms with Gasteiger partial charge in [-0.3, -0.25) is 13.8 Å². The maximum absolute atomic E-state index is 12.8. The first kappa shape index (κ1) is 54.1. The molecule has 12 nitrogen and oxygen atoms in total. The van der Waals surface area contributed by atoms with Crippen LogP contribution in [0.2, 0.25) is 0 Å². The summed E-state index contributed by atoms with van der Waals surface area (Å²) in [4.78, 5) is 23.1. The minimum Gasteiger partial charge on any atom is -0.457 e. The lowest BCUT2D eigenvalue weighted by Gasteiger charge is -2.41. The van der Waals surface area contributed by atoms with Crippen molar-refractivity contribution in [3.63, 3.8) is 0 Å². The number of aliphatic hydroxyl groups excluding tert-OH is 5. The van der Waals surface area contributed by atoms with Gasteiger partial charge in [0, 0.05) is 13.0 Å². The first-order valence-corrected chi connectivity index (χ1v) is 23.6. The first-order valence-electron chi connectivity index (χ1n) is 22.1. The first-order chi connectivity index (χ1) is 28.0. The Kier molecular flexibility index (Phi) is 33.3. The molecule has 336 valence electrons. The molecule has 0 aromatic heterocycles. The largest absolute Gasteiger partial charge is 0.472 e. The van der Waals surface area contributed by atoms with Crippen LogP contribution in [0.3, 0.4) is 0 Å². The number of aliphatic hydroxyl groups is 5. The Morgan fingerprint density at radius 3 is 1.55 bits per heavy atom. The predicted molar refractivity (Wildman–Crippen MR) is 230 cm³/mol. The average molecular weight is 843 g/mol. The van der Waals surface area contributed by atoms with Crippen LogP contribution in [0, 0.1) is 0 Å². The second kappa shape index (κ2) is 35.8. The van der Waals surface area contributed by atoms with Gasteiger partial charge in [-0.15, -0.1) is 0 Å². The van der Waals surface area contributed by atoms with E-state index in [9.17, 15) is 39.8 Å². The molecule has 1 aliphatic carbocycles. The molecule has 6 N–H and O–H groups in total. The Bertz CT molecular complexity index is 1190. The Balaban J connectivity index is 2.44. The number of carbonyl (C=O) groups excluding carboxylic acids is 1. The molecule has 1 aliphatic rings. The maximum Gasteiger partial charge on any atom is 0.472 e. The van der Waals surface area contributed by atoms with Crippen molar-refractivity contribution in [1.82, 2.24) is 0 Å². The van der Waals surface area contributed by atoms with Crippen LogP contribution in [-0.4, -0.2) is 98.9 Å². The molecule has 0 amide bonds. The highest BCUT2D eigenvalue weighted by molar-refractivity contribution is 7.47. The smallest absolute Gasteiger partial charge is 0.457 e. The standard InChI is InChI=1S/C45H79O12P/c1-3-5-7-9-11-13-15-17-19-21-23-25-27-29-31-33-35-54-36-38(37-55-58(52,53)57-45-43(50)41(48)40(47)42(49)44(45)51)56-39(46)34-32-30-28-26-24-22-20-18-16-14-12-10-8-6-4-2/h5,7,11-14,17-20,38,40-45,47-51H,3-4,6,8-10,15-16,21-37H2,1-2H3,(H,52,53)/b7-5-,13-11-,14-12-,19-17-,20-18-. The minimum absolute atomic E-state index is 0.0941. The van der Waals surface area contributed by atoms with Gasteiger partial charge < -0.3 is 39.9 Å². The average Bonchev–Trinajstić information content (AvgIpc) is 3.21. The molecule has 0 bridgehead atoms. The number of phosphoric acid groups is 1. The van der Waals surface area contributed by atoms with Gasteiger partial charge >= 0.3 is 13.8 Å². The number of hydrogen-bond acceptors (Lipinski definition) is 11. The molecular weight excluding hydrogens is 763 g/mol. The summed E-state index contributed by atoms with van der Waals surface area (Å²) in [6, 6.07) is 0. The Labute approximate surface area is 349 Å². The summed E-state index contributed by atoms with van der Waals surface area (Å²) in [5, 5.41) is 50.1. The molecule has 1 rings (SSSR count). The zero-order valence-corrected chi connectivity index (χ0v) is 36.5. The van der Waals surface area contributed by atoms with Gasteiger partial charge in [0.1, 0.15) is 42.7 Å². The molecule has 1 fully saturated rings. The number of hydrogen-bond donors (Lipinski definition) is 6. The third-order valence-electron chi connectivity index (χ3n) is 9.87. The van der Waals surface area contributed by atoms with Crippen molar-refractivity contribution in [2.75, 3.05) is 19.8 Å². The van der Waals surface area contributed by atoms with E-state index in [1.165, 1.54) is 19.3 Å². The summed E-state index contributed by atoms with van der Waals surface area (Å²) in [6.45, 7) is 4.06. The van der Waals surface area contributed by atoms with Gasteiger partial charge in [-0.2, -0.15) is 0 Å². The van der Waals surface area contributed by atoms with Crippen LogP contribution in [0.1, 0.15) is 155 Å². The van der Waals surface area contributed by atoms with E-state index in [1.807, 2.05) is 0 Å². The molecule has 0 aliphatic heterocycles. The number of unbranched alkanes of at least 4 members (excludes halogenated alkanes) is 14. The zero-order chi connectivity index (χ0) is 42.7. The molecule has 0 radical (unpaired) electrons. The monoisotopic (exact) mass is 843 g/mol. The third-order valence-corrected chi connectivity index (χ3v) is 10.9. The van der Waals surface area contributed by atoms with Crippen molar-refractivity contribution in [2.45, 2.75) is 198 Å². The van der Waals surface area contributed by atoms with Crippen molar-refractivity contribution in [2.24, 2.45) is 0 Å². The lowest BCUT2D eigenvalue weighted by Crippen LogP contribution is -2.64. The fourth-order valence-corrected chi connectivity index (χ4v) is 7.31. The Morgan fingerprint density at radius 1 is 0.569 bits per heavy atom. The van der Waals surface area contributed by atoms with Crippen molar-refractivity contribution >= 4 is 13.8 Å². The molecule has 0 heterocycles. The molecule has 6 unspecified atom stereocenters. The number of ether oxygens (including phenoxy) is 2. The van der Waals surface area contributed by atoms with Crippen molar-refractivity contribution in [3.8, 4) is 0 Å². The fourth-order valence-electron chi connectivity index (χ4n) is 6.34. The van der Waals surface area contributed by atoms with E-state index in [4.69, 9.17) is 18.5 Å². The van der Waals surface area contributed by atoms with Gasteiger partial charge in [-0.05, 0) is 77.0 Å². The number of allylic oxidation sites excluding steroid dienone is 10. The zero-order valence-electron chi connectivity index (χ0n) is 35.6. The second-order valence-electron chi connectivity index (χ2n) is 15.2. The van der Waals surface area contributed by atoms with E-state index < -0.39 is 63.1 Å². The SMILES string of the molecule is CC/C=C\C/C=C\C/C=C\CCCCCCCCOCC(COP(=O)(O)OC1C(O)C(O)C(O)C(O)C1O)OC(=O)CCCCCCC/C=C\C/C=C\CCCCC. The van der Waals surface area contributed by atoms with Gasteiger partial charge in [0.2, 0.25) is 0 Å². The summed E-state index contributed by atoms with van der Waals surface area (Å²) >= 11 is 0. The minimum atomic E-state index is -5.03. The van der Waals surface area contributed by atoms with E-state index in [2.05, 4.69) is 74.6 Å². The number of carbonyl (C=O) groups is 1. The van der Waals surface area contributed by atoms with Crippen molar-refractivity contribution in [1.29, 1.82) is 0 Å². The van der Waals surface area contributed by atoms with Gasteiger partial charge in [0.05, 0.1) is 13.2 Å². The normalized spacial score (nSPS) is 23.2. The Morgan fingerprint density at radius 2 is 1.02 bits per heavy atom. The van der Waals surface area contributed by atoms with E-state index >= 15 is 0 Å². The van der Waals surface area contributed by atoms with Crippen LogP contribution in [0.4, 0.5) is 0 Å². The number of phosphoric ester groups is 1. The fraction of sp³-hybridized carbons (Fsp3) is 0.756. The second-order valence-corrected chi connectivity index (χ2v) is 16.6. The van der Waals surface area contributed by atoms with E-state index in [-0.39, 0.29) is 13.0 Å². The topological polar surface area (TPSA) is 192 Å². The maximum atomic E-state index is 12.8. The van der Waals surface area contributed by atoms with E-state index in [0.717, 1.165) is 109 Å². The summed E-state index contributed by atoms with van der Waals surface area (Å²) in [7, 11) is -5.03. The van der Waals surface area contributed by atoms with E-state index in [0.29, 0.717) is 13.0 Å². The highest BCUT2D eigenvalue weighted by atomic mass is 31.2. The number of esters is 1. The van der Waals surface area contributed by atoms with Crippen LogP contribution < -0.4 is 0 Å². The predicted octanol–water partition coefficient (Wildman–Crippen LogP) is 8.64. The van der Waals surface area contributed by atoms with Gasteiger partial charge in [0.25, 0.3) is 0 Å². The molecule has 0 aromatic rings. The van der Waals surface area contributed by atoms with Crippen LogP contribution >= 0.6 is 7.82 Å². The summed E-state index contributed by atoms with van der Waals surface area (Å²) in [5.74, 6) is -0.499. The lowest BCUT2D eigenvalue weighted by atomic mass is 9.85. The summed E-state index contributed by atoms with van der Waals surface area (Å²) in [5.41, 5.74) is 0. The molecule has 1 saturated carbocycles. The highest BCUT2D eigenvalue weighted by Crippen LogP contribution is 2.47. The third kappa shape index (κ3) is 27.7. The summed E-state index contributed by atoms with van der Waals surface area (Å²) in [6.07, 6.45) is 31.4. The van der Waals surface area contributed by atoms with Gasteiger partial charge in [0.15, 0.2) is 0 Å². The summed E-state index contributed by atoms with van der Waals surface area (Å²) < 4.78 is 34.1. The molecule has 6 atom stereocenters. The van der Waals surface area contributed by atoms with Crippen molar-refractivity contribution in [3.05, 3.63) is 60.8 Å². The molecule has 13 heteroatoms. The van der Waals surface area contributed by atoms with Crippen LogP contribution in [0.25, 0.3) is 0 Å². The highest BCUT2D eigenvalue weighted by Gasteiger charge is 2.51. The van der Waals surface area contributed by atoms with E-state index in [1.54, 1.807) is 0 Å².